The number of hydrogen-bond donors (Lipinski definition) is 1. The maximum atomic E-state index is 12.3. The highest BCUT2D eigenvalue weighted by Gasteiger charge is 2.22. The molecular formula is C17H24N4O4. The topological polar surface area (TPSA) is 94.0 Å². The molecule has 1 aromatic rings. The normalized spacial score (nSPS) is 14.3. The Bertz CT molecular complexity index is 600. The third-order valence-electron chi connectivity index (χ3n) is 4.25. The first-order valence-electron chi connectivity index (χ1n) is 8.37. The number of carboxylic acids is 1. The van der Waals surface area contributed by atoms with Gasteiger partial charge in [0, 0.05) is 58.8 Å². The molecule has 2 heterocycles. The minimum Gasteiger partial charge on any atom is -0.481 e. The number of carbonyl (C=O) groups excluding carboxylic acids is 2. The van der Waals surface area contributed by atoms with Crippen LogP contribution < -0.4 is 4.90 Å². The van der Waals surface area contributed by atoms with Crippen molar-refractivity contribution in [2.75, 3.05) is 44.7 Å². The van der Waals surface area contributed by atoms with Crippen LogP contribution in [0.4, 0.5) is 5.82 Å². The maximum absolute atomic E-state index is 12.3. The average molecular weight is 348 g/mol. The molecule has 2 rings (SSSR count). The van der Waals surface area contributed by atoms with Gasteiger partial charge in [-0.2, -0.15) is 0 Å². The molecule has 0 radical (unpaired) electrons. The number of rotatable bonds is 7. The van der Waals surface area contributed by atoms with Crippen LogP contribution in [0.5, 0.6) is 0 Å². The van der Waals surface area contributed by atoms with Gasteiger partial charge in [0.05, 0.1) is 6.42 Å². The molecular weight excluding hydrogens is 324 g/mol. The van der Waals surface area contributed by atoms with E-state index >= 15 is 0 Å². The van der Waals surface area contributed by atoms with Gasteiger partial charge >= 0.3 is 5.97 Å². The summed E-state index contributed by atoms with van der Waals surface area (Å²) >= 11 is 0. The minimum atomic E-state index is -0.943. The third-order valence-corrected chi connectivity index (χ3v) is 4.25. The highest BCUT2D eigenvalue weighted by atomic mass is 16.4. The van der Waals surface area contributed by atoms with Crippen molar-refractivity contribution >= 4 is 23.6 Å². The molecule has 0 bridgehead atoms. The van der Waals surface area contributed by atoms with Crippen molar-refractivity contribution in [3.05, 3.63) is 24.4 Å². The van der Waals surface area contributed by atoms with E-state index in [4.69, 9.17) is 5.11 Å². The second-order valence-corrected chi connectivity index (χ2v) is 6.01. The summed E-state index contributed by atoms with van der Waals surface area (Å²) in [5.74, 6) is -0.284. The highest BCUT2D eigenvalue weighted by Crippen LogP contribution is 2.13. The molecule has 1 saturated heterocycles. The van der Waals surface area contributed by atoms with Crippen LogP contribution in [0.15, 0.2) is 24.4 Å². The van der Waals surface area contributed by atoms with Crippen molar-refractivity contribution in [1.82, 2.24) is 14.8 Å². The van der Waals surface area contributed by atoms with E-state index in [1.807, 2.05) is 18.2 Å². The number of aromatic nitrogens is 1. The summed E-state index contributed by atoms with van der Waals surface area (Å²) < 4.78 is 0. The molecule has 2 amide bonds. The monoisotopic (exact) mass is 348 g/mol. The quantitative estimate of drug-likeness (QED) is 0.769. The number of amides is 2. The Balaban J connectivity index is 1.72. The first kappa shape index (κ1) is 18.7. The zero-order chi connectivity index (χ0) is 18.2. The van der Waals surface area contributed by atoms with Crippen LogP contribution in [0, 0.1) is 0 Å². The number of carbonyl (C=O) groups is 3. The Morgan fingerprint density at radius 3 is 2.44 bits per heavy atom. The third kappa shape index (κ3) is 5.74. The van der Waals surface area contributed by atoms with Gasteiger partial charge in [0.1, 0.15) is 5.82 Å². The van der Waals surface area contributed by atoms with E-state index < -0.39 is 5.97 Å². The molecule has 1 aliphatic rings. The van der Waals surface area contributed by atoms with Crippen LogP contribution >= 0.6 is 0 Å². The van der Waals surface area contributed by atoms with Gasteiger partial charge in [-0.25, -0.2) is 4.98 Å². The second-order valence-electron chi connectivity index (χ2n) is 6.01. The van der Waals surface area contributed by atoms with Crippen molar-refractivity contribution in [2.24, 2.45) is 0 Å². The largest absolute Gasteiger partial charge is 0.481 e. The lowest BCUT2D eigenvalue weighted by Gasteiger charge is -2.35. The van der Waals surface area contributed by atoms with Crippen molar-refractivity contribution in [3.8, 4) is 0 Å². The number of nitrogens with zero attached hydrogens (tertiary/aromatic N) is 4. The summed E-state index contributed by atoms with van der Waals surface area (Å²) in [4.78, 5) is 44.3. The first-order chi connectivity index (χ1) is 12.0. The van der Waals surface area contributed by atoms with Crippen LogP contribution in [0.3, 0.4) is 0 Å². The van der Waals surface area contributed by atoms with E-state index in [0.29, 0.717) is 13.1 Å². The van der Waals surface area contributed by atoms with Crippen LogP contribution in [0.25, 0.3) is 0 Å². The lowest BCUT2D eigenvalue weighted by atomic mass is 10.2. The fourth-order valence-corrected chi connectivity index (χ4v) is 2.68. The Labute approximate surface area is 147 Å². The fourth-order valence-electron chi connectivity index (χ4n) is 2.68. The van der Waals surface area contributed by atoms with E-state index in [2.05, 4.69) is 9.88 Å². The first-order valence-corrected chi connectivity index (χ1v) is 8.37. The van der Waals surface area contributed by atoms with Crippen LogP contribution in [0.2, 0.25) is 0 Å². The van der Waals surface area contributed by atoms with E-state index in [1.54, 1.807) is 18.1 Å². The lowest BCUT2D eigenvalue weighted by molar-refractivity contribution is -0.139. The predicted molar refractivity (Wildman–Crippen MR) is 92.2 cm³/mol. The molecule has 8 heteroatoms. The molecule has 1 N–H and O–H groups in total. The van der Waals surface area contributed by atoms with Crippen molar-refractivity contribution in [2.45, 2.75) is 19.3 Å². The van der Waals surface area contributed by atoms with Crippen molar-refractivity contribution in [3.63, 3.8) is 0 Å². The fraction of sp³-hybridized carbons (Fsp3) is 0.529. The lowest BCUT2D eigenvalue weighted by Crippen LogP contribution is -2.49. The number of aliphatic carboxylic acids is 1. The number of piperazine rings is 1. The zero-order valence-corrected chi connectivity index (χ0v) is 14.4. The molecule has 0 spiro atoms. The summed E-state index contributed by atoms with van der Waals surface area (Å²) in [6.07, 6.45) is 1.92. The molecule has 0 atom stereocenters. The highest BCUT2D eigenvalue weighted by molar-refractivity contribution is 5.84. The Morgan fingerprint density at radius 2 is 1.84 bits per heavy atom. The van der Waals surface area contributed by atoms with Gasteiger partial charge in [-0.05, 0) is 12.1 Å². The Kier molecular flexibility index (Phi) is 6.73. The number of carboxylic acid groups (broad SMARTS) is 1. The van der Waals surface area contributed by atoms with E-state index in [-0.39, 0.29) is 37.6 Å². The van der Waals surface area contributed by atoms with E-state index in [9.17, 15) is 14.4 Å². The van der Waals surface area contributed by atoms with Gasteiger partial charge in [-0.1, -0.05) is 6.07 Å². The predicted octanol–water partition coefficient (Wildman–Crippen LogP) is 0.444. The molecule has 1 aromatic heterocycles. The van der Waals surface area contributed by atoms with Gasteiger partial charge in [-0.3, -0.25) is 14.4 Å². The van der Waals surface area contributed by atoms with Crippen molar-refractivity contribution in [1.29, 1.82) is 0 Å². The second kappa shape index (κ2) is 9.00. The van der Waals surface area contributed by atoms with Gasteiger partial charge in [0.25, 0.3) is 0 Å². The molecule has 8 nitrogen and oxygen atoms in total. The van der Waals surface area contributed by atoms with Gasteiger partial charge in [0.2, 0.25) is 11.8 Å². The van der Waals surface area contributed by atoms with Crippen LogP contribution in [-0.4, -0.2) is 77.4 Å². The Morgan fingerprint density at radius 1 is 1.12 bits per heavy atom. The van der Waals surface area contributed by atoms with Gasteiger partial charge < -0.3 is 19.8 Å². The SMILES string of the molecule is CN(CCC(=O)O)C(=O)CCC(=O)N1CCN(c2ccccn2)CC1. The van der Waals surface area contributed by atoms with Crippen molar-refractivity contribution < 1.29 is 19.5 Å². The molecule has 0 saturated carbocycles. The molecule has 136 valence electrons. The van der Waals surface area contributed by atoms with E-state index in [0.717, 1.165) is 18.9 Å². The summed E-state index contributed by atoms with van der Waals surface area (Å²) in [6, 6.07) is 5.75. The Hall–Kier alpha value is -2.64. The molecule has 25 heavy (non-hydrogen) atoms. The summed E-state index contributed by atoms with van der Waals surface area (Å²) in [5.41, 5.74) is 0. The molecule has 0 aliphatic carbocycles. The molecule has 1 aliphatic heterocycles. The number of hydrogen-bond acceptors (Lipinski definition) is 5. The number of pyridine rings is 1. The molecule has 1 fully saturated rings. The summed E-state index contributed by atoms with van der Waals surface area (Å²) in [6.45, 7) is 2.81. The smallest absolute Gasteiger partial charge is 0.305 e. The van der Waals surface area contributed by atoms with E-state index in [1.165, 1.54) is 4.90 Å². The van der Waals surface area contributed by atoms with Gasteiger partial charge in [-0.15, -0.1) is 0 Å². The zero-order valence-electron chi connectivity index (χ0n) is 14.4. The standard InChI is InChI=1S/C17H24N4O4/c1-19(9-7-17(24)25)15(22)5-6-16(23)21-12-10-20(11-13-21)14-4-2-3-8-18-14/h2-4,8H,5-7,9-13H2,1H3,(H,24,25). The van der Waals surface area contributed by atoms with Crippen LogP contribution in [0.1, 0.15) is 19.3 Å². The van der Waals surface area contributed by atoms with Crippen LogP contribution in [-0.2, 0) is 14.4 Å². The summed E-state index contributed by atoms with van der Waals surface area (Å²) in [5, 5.41) is 8.63. The maximum Gasteiger partial charge on any atom is 0.305 e. The summed E-state index contributed by atoms with van der Waals surface area (Å²) in [7, 11) is 1.56. The number of anilines is 1. The minimum absolute atomic E-state index is 0.0411. The molecule has 0 aromatic carbocycles. The van der Waals surface area contributed by atoms with Gasteiger partial charge in [0.15, 0.2) is 0 Å². The average Bonchev–Trinajstić information content (AvgIpc) is 2.64. The molecule has 0 unspecified atom stereocenters.